The van der Waals surface area contributed by atoms with Gasteiger partial charge in [0, 0.05) is 12.2 Å². The molecule has 112 valence electrons. The van der Waals surface area contributed by atoms with Gasteiger partial charge in [0.25, 0.3) is 0 Å². The van der Waals surface area contributed by atoms with Gasteiger partial charge >= 0.3 is 0 Å². The lowest BCUT2D eigenvalue weighted by Gasteiger charge is -2.13. The highest BCUT2D eigenvalue weighted by molar-refractivity contribution is 7.89. The summed E-state index contributed by atoms with van der Waals surface area (Å²) in [4.78, 5) is -0.431. The predicted molar refractivity (Wildman–Crippen MR) is 74.1 cm³/mol. The van der Waals surface area contributed by atoms with Crippen molar-refractivity contribution in [1.82, 2.24) is 4.72 Å². The standard InChI is InChI=1S/C13H19FN2O3S/c1-8-4-11(14)13(6-12(8)15)20(18,19)16-7-9-2-3-10(17)5-9/h4,6,9-10,16-17H,2-3,5,7,15H2,1H3. The lowest BCUT2D eigenvalue weighted by Crippen LogP contribution is -2.29. The Morgan fingerprint density at radius 3 is 2.75 bits per heavy atom. The maximum absolute atomic E-state index is 13.8. The Morgan fingerprint density at radius 2 is 2.15 bits per heavy atom. The fourth-order valence-electron chi connectivity index (χ4n) is 2.41. The van der Waals surface area contributed by atoms with E-state index >= 15 is 0 Å². The fraction of sp³-hybridized carbons (Fsp3) is 0.538. The third-order valence-electron chi connectivity index (χ3n) is 3.69. The summed E-state index contributed by atoms with van der Waals surface area (Å²) in [5.41, 5.74) is 6.37. The highest BCUT2D eigenvalue weighted by atomic mass is 32.2. The van der Waals surface area contributed by atoms with Gasteiger partial charge in [-0.25, -0.2) is 17.5 Å². The van der Waals surface area contributed by atoms with Crippen molar-refractivity contribution < 1.29 is 17.9 Å². The number of sulfonamides is 1. The maximum Gasteiger partial charge on any atom is 0.243 e. The van der Waals surface area contributed by atoms with Crippen LogP contribution in [0.2, 0.25) is 0 Å². The second kappa shape index (κ2) is 5.67. The molecule has 1 aliphatic rings. The van der Waals surface area contributed by atoms with E-state index in [1.807, 2.05) is 0 Å². The van der Waals surface area contributed by atoms with Crippen LogP contribution in [-0.2, 0) is 10.0 Å². The third-order valence-corrected chi connectivity index (χ3v) is 5.12. The Labute approximate surface area is 118 Å². The van der Waals surface area contributed by atoms with Gasteiger partial charge < -0.3 is 10.8 Å². The predicted octanol–water partition coefficient (Wildman–Crippen LogP) is 1.16. The van der Waals surface area contributed by atoms with Gasteiger partial charge in [-0.2, -0.15) is 0 Å². The second-order valence-corrected chi connectivity index (χ2v) is 7.06. The van der Waals surface area contributed by atoms with Crippen molar-refractivity contribution in [3.63, 3.8) is 0 Å². The molecule has 1 fully saturated rings. The normalized spacial score (nSPS) is 23.1. The van der Waals surface area contributed by atoms with E-state index in [1.54, 1.807) is 6.92 Å². The van der Waals surface area contributed by atoms with Crippen LogP contribution in [0.15, 0.2) is 17.0 Å². The Bertz CT molecular complexity index is 604. The topological polar surface area (TPSA) is 92.4 Å². The van der Waals surface area contributed by atoms with Crippen LogP contribution in [0.1, 0.15) is 24.8 Å². The molecule has 20 heavy (non-hydrogen) atoms. The highest BCUT2D eigenvalue weighted by Crippen LogP contribution is 2.26. The number of aryl methyl sites for hydroxylation is 1. The van der Waals surface area contributed by atoms with Crippen molar-refractivity contribution >= 4 is 15.7 Å². The summed E-state index contributed by atoms with van der Waals surface area (Å²) in [5, 5.41) is 9.40. The number of rotatable bonds is 4. The molecule has 1 aliphatic carbocycles. The van der Waals surface area contributed by atoms with E-state index < -0.39 is 20.7 Å². The van der Waals surface area contributed by atoms with Crippen molar-refractivity contribution in [3.8, 4) is 0 Å². The monoisotopic (exact) mass is 302 g/mol. The average molecular weight is 302 g/mol. The van der Waals surface area contributed by atoms with Crippen molar-refractivity contribution in [1.29, 1.82) is 0 Å². The first-order valence-electron chi connectivity index (χ1n) is 6.53. The molecule has 0 aromatic heterocycles. The van der Waals surface area contributed by atoms with Crippen LogP contribution in [0.5, 0.6) is 0 Å². The zero-order valence-electron chi connectivity index (χ0n) is 11.3. The number of nitrogens with two attached hydrogens (primary N) is 1. The Balaban J connectivity index is 2.12. The summed E-state index contributed by atoms with van der Waals surface area (Å²) >= 11 is 0. The van der Waals surface area contributed by atoms with Crippen molar-refractivity contribution in [2.45, 2.75) is 37.2 Å². The van der Waals surface area contributed by atoms with Crippen LogP contribution < -0.4 is 10.5 Å². The maximum atomic E-state index is 13.8. The number of aliphatic hydroxyl groups is 1. The zero-order valence-corrected chi connectivity index (χ0v) is 12.1. The molecule has 0 amide bonds. The summed E-state index contributed by atoms with van der Waals surface area (Å²) in [5.74, 6) is -0.721. The molecule has 0 saturated heterocycles. The number of aliphatic hydroxyl groups excluding tert-OH is 1. The first-order valence-corrected chi connectivity index (χ1v) is 8.01. The molecular weight excluding hydrogens is 283 g/mol. The van der Waals surface area contributed by atoms with E-state index in [4.69, 9.17) is 5.73 Å². The van der Waals surface area contributed by atoms with Crippen LogP contribution in [0.4, 0.5) is 10.1 Å². The number of anilines is 1. The minimum atomic E-state index is -3.92. The van der Waals surface area contributed by atoms with Gasteiger partial charge in [-0.15, -0.1) is 0 Å². The molecule has 2 atom stereocenters. The van der Waals surface area contributed by atoms with Gasteiger partial charge in [-0.05, 0) is 49.8 Å². The minimum absolute atomic E-state index is 0.0885. The average Bonchev–Trinajstić information content (AvgIpc) is 2.77. The number of halogens is 1. The van der Waals surface area contributed by atoms with E-state index in [0.717, 1.165) is 18.6 Å². The minimum Gasteiger partial charge on any atom is -0.398 e. The molecule has 0 heterocycles. The number of nitrogens with one attached hydrogen (secondary N) is 1. The van der Waals surface area contributed by atoms with E-state index in [1.165, 1.54) is 0 Å². The van der Waals surface area contributed by atoms with Gasteiger partial charge in [0.15, 0.2) is 0 Å². The SMILES string of the molecule is Cc1cc(F)c(S(=O)(=O)NCC2CCC(O)C2)cc1N. The number of benzene rings is 1. The zero-order chi connectivity index (χ0) is 14.9. The lowest BCUT2D eigenvalue weighted by molar-refractivity contribution is 0.178. The molecule has 5 nitrogen and oxygen atoms in total. The van der Waals surface area contributed by atoms with E-state index in [2.05, 4.69) is 4.72 Å². The van der Waals surface area contributed by atoms with Crippen molar-refractivity contribution in [2.75, 3.05) is 12.3 Å². The summed E-state index contributed by atoms with van der Waals surface area (Å²) in [6, 6.07) is 2.25. The van der Waals surface area contributed by atoms with Crippen molar-refractivity contribution in [2.24, 2.45) is 5.92 Å². The third kappa shape index (κ3) is 3.28. The molecule has 0 spiro atoms. The molecule has 1 saturated carbocycles. The van der Waals surface area contributed by atoms with Crippen LogP contribution >= 0.6 is 0 Å². The smallest absolute Gasteiger partial charge is 0.243 e. The number of hydrogen-bond donors (Lipinski definition) is 3. The summed E-state index contributed by atoms with van der Waals surface area (Å²) < 4.78 is 40.3. The summed E-state index contributed by atoms with van der Waals surface area (Å²) in [7, 11) is -3.92. The van der Waals surface area contributed by atoms with Gasteiger partial charge in [-0.1, -0.05) is 0 Å². The molecule has 1 aromatic rings. The molecule has 7 heteroatoms. The summed E-state index contributed by atoms with van der Waals surface area (Å²) in [6.45, 7) is 1.81. The Hall–Kier alpha value is -1.18. The fourth-order valence-corrected chi connectivity index (χ4v) is 3.62. The second-order valence-electron chi connectivity index (χ2n) is 5.32. The van der Waals surface area contributed by atoms with Crippen LogP contribution in [-0.4, -0.2) is 26.2 Å². The molecular formula is C13H19FN2O3S. The molecule has 4 N–H and O–H groups in total. The van der Waals surface area contributed by atoms with Gasteiger partial charge in [0.05, 0.1) is 6.10 Å². The van der Waals surface area contributed by atoms with Crippen LogP contribution in [0, 0.1) is 18.7 Å². The van der Waals surface area contributed by atoms with E-state index in [-0.39, 0.29) is 24.3 Å². The molecule has 2 rings (SSSR count). The van der Waals surface area contributed by atoms with Crippen LogP contribution in [0.3, 0.4) is 0 Å². The van der Waals surface area contributed by atoms with E-state index in [9.17, 15) is 17.9 Å². The molecule has 2 unspecified atom stereocenters. The first-order chi connectivity index (χ1) is 9.29. The van der Waals surface area contributed by atoms with Gasteiger partial charge in [-0.3, -0.25) is 0 Å². The Kier molecular flexibility index (Phi) is 4.31. The molecule has 0 radical (unpaired) electrons. The highest BCUT2D eigenvalue weighted by Gasteiger charge is 2.26. The van der Waals surface area contributed by atoms with Crippen molar-refractivity contribution in [3.05, 3.63) is 23.5 Å². The molecule has 1 aromatic carbocycles. The van der Waals surface area contributed by atoms with Gasteiger partial charge in [0.2, 0.25) is 10.0 Å². The Morgan fingerprint density at radius 1 is 1.45 bits per heavy atom. The quantitative estimate of drug-likeness (QED) is 0.728. The summed E-state index contributed by atoms with van der Waals surface area (Å²) in [6.07, 6.45) is 1.65. The van der Waals surface area contributed by atoms with E-state index in [0.29, 0.717) is 18.4 Å². The first kappa shape index (κ1) is 15.2. The molecule has 0 aliphatic heterocycles. The number of nitrogen functional groups attached to an aromatic ring is 1. The largest absolute Gasteiger partial charge is 0.398 e. The molecule has 0 bridgehead atoms. The van der Waals surface area contributed by atoms with Crippen LogP contribution in [0.25, 0.3) is 0 Å². The number of hydrogen-bond acceptors (Lipinski definition) is 4. The lowest BCUT2D eigenvalue weighted by atomic mass is 10.1. The van der Waals surface area contributed by atoms with Gasteiger partial charge in [0.1, 0.15) is 10.7 Å².